The van der Waals surface area contributed by atoms with E-state index in [1.807, 2.05) is 34.7 Å². The van der Waals surface area contributed by atoms with Crippen LogP contribution in [0.3, 0.4) is 0 Å². The molecule has 28 heavy (non-hydrogen) atoms. The molecule has 0 saturated carbocycles. The van der Waals surface area contributed by atoms with E-state index < -0.39 is 0 Å². The second-order valence-electron chi connectivity index (χ2n) is 7.03. The van der Waals surface area contributed by atoms with Gasteiger partial charge in [0, 0.05) is 38.9 Å². The van der Waals surface area contributed by atoms with E-state index >= 15 is 0 Å². The molecule has 1 unspecified atom stereocenters. The number of thioether (sulfide) groups is 1. The van der Waals surface area contributed by atoms with Gasteiger partial charge in [-0.3, -0.25) is 9.59 Å². The quantitative estimate of drug-likeness (QED) is 0.513. The molecule has 8 heteroatoms. The summed E-state index contributed by atoms with van der Waals surface area (Å²) in [5.74, 6) is 0.827. The second-order valence-corrected chi connectivity index (χ2v) is 8.09. The molecule has 1 N–H and O–H groups in total. The monoisotopic (exact) mass is 401 g/mol. The van der Waals surface area contributed by atoms with Crippen molar-refractivity contribution in [3.8, 4) is 0 Å². The summed E-state index contributed by atoms with van der Waals surface area (Å²) in [7, 11) is 1.90. The first-order valence-electron chi connectivity index (χ1n) is 9.69. The first-order chi connectivity index (χ1) is 13.6. The molecule has 1 aromatic carbocycles. The number of rotatable bonds is 9. The minimum Gasteiger partial charge on any atom is -0.355 e. The summed E-state index contributed by atoms with van der Waals surface area (Å²) < 4.78 is 1.85. The highest BCUT2D eigenvalue weighted by Gasteiger charge is 2.29. The van der Waals surface area contributed by atoms with Gasteiger partial charge in [0.25, 0.3) is 0 Å². The maximum atomic E-state index is 12.5. The predicted molar refractivity (Wildman–Crippen MR) is 109 cm³/mol. The fraction of sp³-hybridized carbons (Fsp3) is 0.500. The first-order valence-corrected chi connectivity index (χ1v) is 10.7. The van der Waals surface area contributed by atoms with Gasteiger partial charge < -0.3 is 14.8 Å². The average molecular weight is 402 g/mol. The van der Waals surface area contributed by atoms with Crippen LogP contribution in [0.1, 0.15) is 24.8 Å². The Morgan fingerprint density at radius 1 is 1.32 bits per heavy atom. The SMILES string of the molecule is Cn1cnnc1SCCNC(=O)C1CCC(=O)N(CCCc2ccccc2)C1. The van der Waals surface area contributed by atoms with Crippen LogP contribution < -0.4 is 5.32 Å². The van der Waals surface area contributed by atoms with Crippen molar-refractivity contribution in [3.05, 3.63) is 42.2 Å². The van der Waals surface area contributed by atoms with Gasteiger partial charge in [0.1, 0.15) is 6.33 Å². The van der Waals surface area contributed by atoms with Gasteiger partial charge in [-0.25, -0.2) is 0 Å². The Kier molecular flexibility index (Phi) is 7.47. The van der Waals surface area contributed by atoms with Crippen molar-refractivity contribution in [2.24, 2.45) is 13.0 Å². The Hall–Kier alpha value is -2.35. The van der Waals surface area contributed by atoms with E-state index in [0.29, 0.717) is 32.5 Å². The van der Waals surface area contributed by atoms with Gasteiger partial charge >= 0.3 is 0 Å². The number of carbonyl (C=O) groups excluding carboxylic acids is 2. The first kappa shape index (κ1) is 20.4. The number of aromatic nitrogens is 3. The summed E-state index contributed by atoms with van der Waals surface area (Å²) in [6, 6.07) is 10.3. The smallest absolute Gasteiger partial charge is 0.224 e. The molecule has 2 amide bonds. The largest absolute Gasteiger partial charge is 0.355 e. The van der Waals surface area contributed by atoms with E-state index in [4.69, 9.17) is 0 Å². The Labute approximate surface area is 169 Å². The van der Waals surface area contributed by atoms with Gasteiger partial charge in [-0.15, -0.1) is 10.2 Å². The number of likely N-dealkylation sites (tertiary alicyclic amines) is 1. The number of piperidine rings is 1. The lowest BCUT2D eigenvalue weighted by atomic mass is 9.96. The lowest BCUT2D eigenvalue weighted by Crippen LogP contribution is -2.46. The van der Waals surface area contributed by atoms with Crippen LogP contribution in [0.4, 0.5) is 0 Å². The zero-order chi connectivity index (χ0) is 19.8. The second kappa shape index (κ2) is 10.3. The summed E-state index contributed by atoms with van der Waals surface area (Å²) >= 11 is 1.56. The molecule has 1 aliphatic rings. The molecular weight excluding hydrogens is 374 g/mol. The lowest BCUT2D eigenvalue weighted by molar-refractivity contribution is -0.138. The Bertz CT molecular complexity index is 780. The molecule has 3 rings (SSSR count). The van der Waals surface area contributed by atoms with E-state index in [1.165, 1.54) is 5.56 Å². The molecule has 0 aliphatic carbocycles. The number of nitrogens with zero attached hydrogens (tertiary/aromatic N) is 4. The summed E-state index contributed by atoms with van der Waals surface area (Å²) in [5, 5.41) is 11.7. The van der Waals surface area contributed by atoms with E-state index in [0.717, 1.165) is 23.8 Å². The topological polar surface area (TPSA) is 80.1 Å². The van der Waals surface area contributed by atoms with Crippen molar-refractivity contribution in [2.75, 3.05) is 25.4 Å². The van der Waals surface area contributed by atoms with Crippen molar-refractivity contribution in [1.29, 1.82) is 0 Å². The maximum absolute atomic E-state index is 12.5. The number of aryl methyl sites for hydroxylation is 2. The number of hydrogen-bond acceptors (Lipinski definition) is 5. The molecule has 150 valence electrons. The molecule has 1 fully saturated rings. The molecule has 1 aromatic heterocycles. The standard InChI is InChI=1S/C20H27N5O2S/c1-24-15-22-23-20(24)28-13-11-21-19(27)17-9-10-18(26)25(14-17)12-5-8-16-6-3-2-4-7-16/h2-4,6-7,15,17H,5,8-14H2,1H3,(H,21,27). The van der Waals surface area contributed by atoms with Gasteiger partial charge in [-0.1, -0.05) is 42.1 Å². The van der Waals surface area contributed by atoms with Crippen LogP contribution in [0.2, 0.25) is 0 Å². The number of amides is 2. The number of hydrogen-bond donors (Lipinski definition) is 1. The molecule has 1 atom stereocenters. The minimum atomic E-state index is -0.116. The van der Waals surface area contributed by atoms with Gasteiger partial charge in [0.2, 0.25) is 11.8 Å². The minimum absolute atomic E-state index is 0.0409. The average Bonchev–Trinajstić information content (AvgIpc) is 3.12. The molecular formula is C20H27N5O2S. The van der Waals surface area contributed by atoms with E-state index in [-0.39, 0.29) is 17.7 Å². The van der Waals surface area contributed by atoms with Crippen LogP contribution in [0, 0.1) is 5.92 Å². The third-order valence-electron chi connectivity index (χ3n) is 4.91. The fourth-order valence-corrected chi connectivity index (χ4v) is 4.07. The number of carbonyl (C=O) groups is 2. The highest BCUT2D eigenvalue weighted by Crippen LogP contribution is 2.19. The summed E-state index contributed by atoms with van der Waals surface area (Å²) in [6.45, 7) is 1.81. The van der Waals surface area contributed by atoms with Crippen LogP contribution in [-0.2, 0) is 23.1 Å². The normalized spacial score (nSPS) is 17.0. The molecule has 1 saturated heterocycles. The van der Waals surface area contributed by atoms with Crippen LogP contribution in [0.15, 0.2) is 41.8 Å². The van der Waals surface area contributed by atoms with Crippen LogP contribution >= 0.6 is 11.8 Å². The Morgan fingerprint density at radius 2 is 2.14 bits per heavy atom. The van der Waals surface area contributed by atoms with Crippen molar-refractivity contribution in [1.82, 2.24) is 25.0 Å². The van der Waals surface area contributed by atoms with Gasteiger partial charge in [0.15, 0.2) is 5.16 Å². The Morgan fingerprint density at radius 3 is 2.89 bits per heavy atom. The fourth-order valence-electron chi connectivity index (χ4n) is 3.33. The number of nitrogens with one attached hydrogen (secondary N) is 1. The van der Waals surface area contributed by atoms with Crippen molar-refractivity contribution >= 4 is 23.6 Å². The lowest BCUT2D eigenvalue weighted by Gasteiger charge is -2.32. The van der Waals surface area contributed by atoms with Crippen molar-refractivity contribution < 1.29 is 9.59 Å². The molecule has 2 heterocycles. The molecule has 2 aromatic rings. The summed E-state index contributed by atoms with van der Waals surface area (Å²) in [5.41, 5.74) is 1.28. The zero-order valence-corrected chi connectivity index (χ0v) is 17.0. The van der Waals surface area contributed by atoms with Crippen molar-refractivity contribution in [3.63, 3.8) is 0 Å². The molecule has 7 nitrogen and oxygen atoms in total. The third kappa shape index (κ3) is 5.82. The van der Waals surface area contributed by atoms with Crippen LogP contribution in [0.5, 0.6) is 0 Å². The van der Waals surface area contributed by atoms with Crippen LogP contribution in [-0.4, -0.2) is 56.9 Å². The highest BCUT2D eigenvalue weighted by atomic mass is 32.2. The molecule has 0 bridgehead atoms. The van der Waals surface area contributed by atoms with Crippen molar-refractivity contribution in [2.45, 2.75) is 30.8 Å². The van der Waals surface area contributed by atoms with E-state index in [9.17, 15) is 9.59 Å². The third-order valence-corrected chi connectivity index (χ3v) is 5.95. The predicted octanol–water partition coefficient (Wildman–Crippen LogP) is 1.89. The number of benzene rings is 1. The van der Waals surface area contributed by atoms with Crippen LogP contribution in [0.25, 0.3) is 0 Å². The van der Waals surface area contributed by atoms with Gasteiger partial charge in [0.05, 0.1) is 5.92 Å². The Balaban J connectivity index is 1.38. The maximum Gasteiger partial charge on any atom is 0.224 e. The molecule has 1 aliphatic heterocycles. The summed E-state index contributed by atoms with van der Waals surface area (Å²) in [6.07, 6.45) is 4.61. The van der Waals surface area contributed by atoms with Gasteiger partial charge in [-0.05, 0) is 24.8 Å². The van der Waals surface area contributed by atoms with E-state index in [1.54, 1.807) is 18.1 Å². The van der Waals surface area contributed by atoms with E-state index in [2.05, 4.69) is 27.6 Å². The summed E-state index contributed by atoms with van der Waals surface area (Å²) in [4.78, 5) is 26.5. The highest BCUT2D eigenvalue weighted by molar-refractivity contribution is 7.99. The molecule has 0 radical (unpaired) electrons. The zero-order valence-electron chi connectivity index (χ0n) is 16.2. The molecule has 0 spiro atoms. The van der Waals surface area contributed by atoms with Gasteiger partial charge in [-0.2, -0.15) is 0 Å².